The van der Waals surface area contributed by atoms with Crippen molar-refractivity contribution in [3.63, 3.8) is 0 Å². The normalized spacial score (nSPS) is 11.6. The Balaban J connectivity index is 1.71. The molecule has 3 rings (SSSR count). The Morgan fingerprint density at radius 3 is 2.71 bits per heavy atom. The number of nitrogens with one attached hydrogen (secondary N) is 2. The Kier molecular flexibility index (Phi) is 3.55. The molecule has 3 aromatic rings. The standard InChI is InChI=1S/C13H13N5O2S/c19-21(20,13-6-7-14-17-13)16-9-11-8-15-18(10-11)12-4-2-1-3-5-12/h1-8,10,16H,9H2,(H,14,17). The van der Waals surface area contributed by atoms with Gasteiger partial charge in [-0.05, 0) is 18.2 Å². The molecule has 0 saturated carbocycles. The van der Waals surface area contributed by atoms with Crippen molar-refractivity contribution in [2.45, 2.75) is 11.6 Å². The summed E-state index contributed by atoms with van der Waals surface area (Å²) in [6.07, 6.45) is 4.80. The van der Waals surface area contributed by atoms with Gasteiger partial charge in [0.2, 0.25) is 0 Å². The van der Waals surface area contributed by atoms with E-state index in [2.05, 4.69) is 20.0 Å². The molecule has 21 heavy (non-hydrogen) atoms. The minimum absolute atomic E-state index is 0.0398. The van der Waals surface area contributed by atoms with Crippen molar-refractivity contribution in [3.8, 4) is 5.69 Å². The lowest BCUT2D eigenvalue weighted by Crippen LogP contribution is -2.23. The van der Waals surface area contributed by atoms with Gasteiger partial charge in [0.1, 0.15) is 0 Å². The van der Waals surface area contributed by atoms with Gasteiger partial charge in [0.05, 0.1) is 18.1 Å². The minimum atomic E-state index is -3.58. The first-order valence-corrected chi connectivity index (χ1v) is 7.71. The lowest BCUT2D eigenvalue weighted by atomic mass is 10.3. The van der Waals surface area contributed by atoms with Crippen LogP contribution in [0.5, 0.6) is 0 Å². The molecule has 0 fully saturated rings. The van der Waals surface area contributed by atoms with Crippen molar-refractivity contribution in [1.29, 1.82) is 0 Å². The zero-order valence-electron chi connectivity index (χ0n) is 11.0. The average molecular weight is 303 g/mol. The number of sulfonamides is 1. The van der Waals surface area contributed by atoms with Gasteiger partial charge in [-0.2, -0.15) is 10.2 Å². The van der Waals surface area contributed by atoms with E-state index < -0.39 is 10.0 Å². The predicted octanol–water partition coefficient (Wildman–Crippen LogP) is 1.07. The van der Waals surface area contributed by atoms with E-state index in [1.54, 1.807) is 17.1 Å². The number of hydrogen-bond acceptors (Lipinski definition) is 4. The fourth-order valence-electron chi connectivity index (χ4n) is 1.82. The fourth-order valence-corrected chi connectivity index (χ4v) is 2.75. The Morgan fingerprint density at radius 2 is 2.00 bits per heavy atom. The first kappa shape index (κ1) is 13.5. The summed E-state index contributed by atoms with van der Waals surface area (Å²) in [6, 6.07) is 11.0. The minimum Gasteiger partial charge on any atom is -0.266 e. The number of benzene rings is 1. The first-order chi connectivity index (χ1) is 10.1. The van der Waals surface area contributed by atoms with E-state index in [-0.39, 0.29) is 11.6 Å². The molecule has 0 aliphatic carbocycles. The molecule has 108 valence electrons. The van der Waals surface area contributed by atoms with Gasteiger partial charge < -0.3 is 0 Å². The summed E-state index contributed by atoms with van der Waals surface area (Å²) in [4.78, 5) is 0. The summed E-state index contributed by atoms with van der Waals surface area (Å²) in [7, 11) is -3.58. The highest BCUT2D eigenvalue weighted by Crippen LogP contribution is 2.09. The summed E-state index contributed by atoms with van der Waals surface area (Å²) in [6.45, 7) is 0.161. The van der Waals surface area contributed by atoms with Crippen LogP contribution in [0.25, 0.3) is 5.69 Å². The summed E-state index contributed by atoms with van der Waals surface area (Å²) in [5.41, 5.74) is 1.68. The van der Waals surface area contributed by atoms with Gasteiger partial charge in [-0.3, -0.25) is 5.10 Å². The third kappa shape index (κ3) is 3.01. The number of hydrogen-bond donors (Lipinski definition) is 2. The second-order valence-electron chi connectivity index (χ2n) is 4.37. The van der Waals surface area contributed by atoms with E-state index >= 15 is 0 Å². The number of rotatable bonds is 5. The topological polar surface area (TPSA) is 92.7 Å². The molecular formula is C13H13N5O2S. The molecule has 0 atom stereocenters. The molecule has 0 unspecified atom stereocenters. The van der Waals surface area contributed by atoms with Crippen LogP contribution in [0.3, 0.4) is 0 Å². The number of nitrogens with zero attached hydrogens (tertiary/aromatic N) is 3. The summed E-state index contributed by atoms with van der Waals surface area (Å²) < 4.78 is 28.1. The predicted molar refractivity (Wildman–Crippen MR) is 76.2 cm³/mol. The SMILES string of the molecule is O=S(=O)(NCc1cnn(-c2ccccc2)c1)c1ccn[nH]1. The van der Waals surface area contributed by atoms with Crippen LogP contribution in [0.15, 0.2) is 60.0 Å². The number of aromatic nitrogens is 4. The van der Waals surface area contributed by atoms with Gasteiger partial charge in [0.15, 0.2) is 5.03 Å². The average Bonchev–Trinajstić information content (AvgIpc) is 3.18. The molecule has 8 heteroatoms. The van der Waals surface area contributed by atoms with Crippen molar-refractivity contribution in [3.05, 3.63) is 60.6 Å². The molecule has 2 N–H and O–H groups in total. The fraction of sp³-hybridized carbons (Fsp3) is 0.0769. The highest BCUT2D eigenvalue weighted by molar-refractivity contribution is 7.89. The van der Waals surface area contributed by atoms with Crippen LogP contribution < -0.4 is 4.72 Å². The quantitative estimate of drug-likeness (QED) is 0.737. The molecule has 0 aliphatic heterocycles. The third-order valence-corrected chi connectivity index (χ3v) is 4.22. The molecule has 2 aromatic heterocycles. The van der Waals surface area contributed by atoms with Gasteiger partial charge in [-0.25, -0.2) is 17.8 Å². The Hall–Kier alpha value is -2.45. The van der Waals surface area contributed by atoms with Gasteiger partial charge in [-0.1, -0.05) is 18.2 Å². The van der Waals surface area contributed by atoms with Crippen LogP contribution in [0.2, 0.25) is 0 Å². The first-order valence-electron chi connectivity index (χ1n) is 6.23. The highest BCUT2D eigenvalue weighted by atomic mass is 32.2. The van der Waals surface area contributed by atoms with Crippen LogP contribution in [-0.4, -0.2) is 28.4 Å². The Bertz CT molecular complexity index is 809. The molecule has 0 amide bonds. The zero-order valence-corrected chi connectivity index (χ0v) is 11.8. The molecule has 0 radical (unpaired) electrons. The van der Waals surface area contributed by atoms with E-state index in [4.69, 9.17) is 0 Å². The molecule has 0 aliphatic rings. The molecular weight excluding hydrogens is 290 g/mol. The lowest BCUT2D eigenvalue weighted by molar-refractivity contribution is 0.577. The molecule has 2 heterocycles. The van der Waals surface area contributed by atoms with E-state index in [0.717, 1.165) is 11.3 Å². The van der Waals surface area contributed by atoms with Crippen LogP contribution in [0, 0.1) is 0 Å². The maximum Gasteiger partial charge on any atom is 0.257 e. The summed E-state index contributed by atoms with van der Waals surface area (Å²) in [5, 5.41) is 10.3. The van der Waals surface area contributed by atoms with Crippen LogP contribution >= 0.6 is 0 Å². The second-order valence-corrected chi connectivity index (χ2v) is 6.11. The number of aromatic amines is 1. The molecule has 0 saturated heterocycles. The van der Waals surface area contributed by atoms with Gasteiger partial charge >= 0.3 is 0 Å². The van der Waals surface area contributed by atoms with E-state index in [1.165, 1.54) is 12.3 Å². The highest BCUT2D eigenvalue weighted by Gasteiger charge is 2.15. The summed E-state index contributed by atoms with van der Waals surface area (Å²) >= 11 is 0. The zero-order chi connectivity index (χ0) is 14.7. The molecule has 7 nitrogen and oxygen atoms in total. The second kappa shape index (κ2) is 5.51. The Labute approximate surface area is 121 Å². The van der Waals surface area contributed by atoms with Crippen molar-refractivity contribution >= 4 is 10.0 Å². The van der Waals surface area contributed by atoms with Crippen LogP contribution in [-0.2, 0) is 16.6 Å². The largest absolute Gasteiger partial charge is 0.266 e. The Morgan fingerprint density at radius 1 is 1.19 bits per heavy atom. The van der Waals surface area contributed by atoms with Crippen LogP contribution in [0.1, 0.15) is 5.56 Å². The summed E-state index contributed by atoms with van der Waals surface area (Å²) in [5.74, 6) is 0. The maximum absolute atomic E-state index is 11.9. The van der Waals surface area contributed by atoms with E-state index in [9.17, 15) is 8.42 Å². The monoisotopic (exact) mass is 303 g/mol. The van der Waals surface area contributed by atoms with Gasteiger partial charge in [-0.15, -0.1) is 0 Å². The molecule has 0 spiro atoms. The van der Waals surface area contributed by atoms with Gasteiger partial charge in [0.25, 0.3) is 10.0 Å². The smallest absolute Gasteiger partial charge is 0.257 e. The number of H-pyrrole nitrogens is 1. The molecule has 1 aromatic carbocycles. The van der Waals surface area contributed by atoms with Crippen LogP contribution in [0.4, 0.5) is 0 Å². The van der Waals surface area contributed by atoms with E-state index in [0.29, 0.717) is 0 Å². The van der Waals surface area contributed by atoms with Crippen molar-refractivity contribution in [1.82, 2.24) is 24.7 Å². The lowest BCUT2D eigenvalue weighted by Gasteiger charge is -2.02. The maximum atomic E-state index is 11.9. The van der Waals surface area contributed by atoms with Crippen molar-refractivity contribution < 1.29 is 8.42 Å². The molecule has 0 bridgehead atoms. The van der Waals surface area contributed by atoms with Gasteiger partial charge in [0, 0.05) is 18.3 Å². The third-order valence-electron chi connectivity index (χ3n) is 2.89. The van der Waals surface area contributed by atoms with Crippen molar-refractivity contribution in [2.24, 2.45) is 0 Å². The van der Waals surface area contributed by atoms with E-state index in [1.807, 2.05) is 30.3 Å². The van der Waals surface area contributed by atoms with Crippen molar-refractivity contribution in [2.75, 3.05) is 0 Å². The number of para-hydroxylation sites is 1.